The summed E-state index contributed by atoms with van der Waals surface area (Å²) in [6.45, 7) is 0.00731. The number of non-ortho nitro benzene ring substituents is 1. The van der Waals surface area contributed by atoms with Crippen LogP contribution in [0.2, 0.25) is 0 Å². The van der Waals surface area contributed by atoms with E-state index in [1.54, 1.807) is 0 Å². The standard InChI is InChI=1S/C12H13F3N2O3/c13-12(14,15)8-20-11-6-9(16-3-1-2-4-16)5-10(7-11)17(18)19/h5-7H,1-4,8H2. The lowest BCUT2D eigenvalue weighted by Gasteiger charge is -2.18. The number of benzene rings is 1. The normalized spacial score (nSPS) is 15.4. The third-order valence-corrected chi connectivity index (χ3v) is 2.96. The van der Waals surface area contributed by atoms with Gasteiger partial charge in [-0.3, -0.25) is 10.1 Å². The molecule has 1 fully saturated rings. The quantitative estimate of drug-likeness (QED) is 0.631. The summed E-state index contributed by atoms with van der Waals surface area (Å²) in [5.41, 5.74) is 0.250. The van der Waals surface area contributed by atoms with Crippen molar-refractivity contribution in [1.82, 2.24) is 0 Å². The Morgan fingerprint density at radius 3 is 2.45 bits per heavy atom. The minimum atomic E-state index is -4.47. The third kappa shape index (κ3) is 3.75. The Morgan fingerprint density at radius 1 is 1.25 bits per heavy atom. The third-order valence-electron chi connectivity index (χ3n) is 2.96. The average molecular weight is 290 g/mol. The molecule has 0 radical (unpaired) electrons. The molecule has 0 N–H and O–H groups in total. The molecule has 0 aromatic heterocycles. The van der Waals surface area contributed by atoms with Crippen LogP contribution < -0.4 is 9.64 Å². The molecule has 0 amide bonds. The van der Waals surface area contributed by atoms with Gasteiger partial charge >= 0.3 is 6.18 Å². The van der Waals surface area contributed by atoms with Crippen LogP contribution in [0.5, 0.6) is 5.75 Å². The zero-order valence-corrected chi connectivity index (χ0v) is 10.5. The van der Waals surface area contributed by atoms with E-state index in [-0.39, 0.29) is 11.4 Å². The SMILES string of the molecule is O=[N+]([O-])c1cc(OCC(F)(F)F)cc(N2CCCC2)c1. The summed E-state index contributed by atoms with van der Waals surface area (Å²) in [4.78, 5) is 12.1. The Hall–Kier alpha value is -1.99. The molecule has 0 spiro atoms. The maximum Gasteiger partial charge on any atom is 0.422 e. The fourth-order valence-electron chi connectivity index (χ4n) is 2.08. The number of anilines is 1. The van der Waals surface area contributed by atoms with Crippen molar-refractivity contribution in [3.63, 3.8) is 0 Å². The Bertz CT molecular complexity index is 499. The first-order chi connectivity index (χ1) is 9.35. The topological polar surface area (TPSA) is 55.6 Å². The molecule has 0 bridgehead atoms. The van der Waals surface area contributed by atoms with Gasteiger partial charge in [-0.25, -0.2) is 0 Å². The number of alkyl halides is 3. The fraction of sp³-hybridized carbons (Fsp3) is 0.500. The number of nitro benzene ring substituents is 1. The summed E-state index contributed by atoms with van der Waals surface area (Å²) >= 11 is 0. The van der Waals surface area contributed by atoms with Crippen LogP contribution in [0.4, 0.5) is 24.5 Å². The Kier molecular flexibility index (Phi) is 4.01. The zero-order valence-electron chi connectivity index (χ0n) is 10.5. The van der Waals surface area contributed by atoms with Crippen LogP contribution in [0.15, 0.2) is 18.2 Å². The minimum absolute atomic E-state index is 0.140. The molecule has 1 aliphatic rings. The number of hydrogen-bond donors (Lipinski definition) is 0. The zero-order chi connectivity index (χ0) is 14.8. The number of nitrogens with zero attached hydrogens (tertiary/aromatic N) is 2. The molecule has 1 aromatic carbocycles. The van der Waals surface area contributed by atoms with Crippen molar-refractivity contribution in [2.24, 2.45) is 0 Å². The second-order valence-electron chi connectivity index (χ2n) is 4.54. The van der Waals surface area contributed by atoms with Crippen molar-refractivity contribution in [1.29, 1.82) is 0 Å². The van der Waals surface area contributed by atoms with E-state index in [0.29, 0.717) is 5.69 Å². The van der Waals surface area contributed by atoms with Gasteiger partial charge in [-0.15, -0.1) is 0 Å². The predicted molar refractivity (Wildman–Crippen MR) is 66.1 cm³/mol. The summed E-state index contributed by atoms with van der Waals surface area (Å²) in [5.74, 6) is -0.140. The molecule has 8 heteroatoms. The number of ether oxygens (including phenoxy) is 1. The molecular weight excluding hydrogens is 277 g/mol. The highest BCUT2D eigenvalue weighted by Crippen LogP contribution is 2.31. The van der Waals surface area contributed by atoms with E-state index >= 15 is 0 Å². The lowest BCUT2D eigenvalue weighted by Crippen LogP contribution is -2.20. The summed E-state index contributed by atoms with van der Waals surface area (Å²) in [6, 6.07) is 3.77. The van der Waals surface area contributed by atoms with Crippen LogP contribution in [-0.2, 0) is 0 Å². The highest BCUT2D eigenvalue weighted by Gasteiger charge is 2.29. The van der Waals surface area contributed by atoms with E-state index < -0.39 is 17.7 Å². The Labute approximate surface area is 113 Å². The van der Waals surface area contributed by atoms with Gasteiger partial charge in [0, 0.05) is 30.9 Å². The molecule has 1 aromatic rings. The van der Waals surface area contributed by atoms with Crippen LogP contribution in [0.3, 0.4) is 0 Å². The number of rotatable bonds is 4. The molecule has 1 heterocycles. The lowest BCUT2D eigenvalue weighted by molar-refractivity contribution is -0.384. The Morgan fingerprint density at radius 2 is 1.90 bits per heavy atom. The van der Waals surface area contributed by atoms with Gasteiger partial charge < -0.3 is 9.64 Å². The van der Waals surface area contributed by atoms with Crippen LogP contribution in [0.25, 0.3) is 0 Å². The summed E-state index contributed by atoms with van der Waals surface area (Å²) < 4.78 is 41.0. The highest BCUT2D eigenvalue weighted by molar-refractivity contribution is 5.58. The van der Waals surface area contributed by atoms with Gasteiger partial charge in [-0.05, 0) is 12.8 Å². The van der Waals surface area contributed by atoms with Crippen molar-refractivity contribution < 1.29 is 22.8 Å². The van der Waals surface area contributed by atoms with Crippen LogP contribution in [-0.4, -0.2) is 30.8 Å². The van der Waals surface area contributed by atoms with Crippen molar-refractivity contribution in [3.8, 4) is 5.75 Å². The van der Waals surface area contributed by atoms with E-state index in [9.17, 15) is 23.3 Å². The largest absolute Gasteiger partial charge is 0.484 e. The molecule has 0 unspecified atom stereocenters. The van der Waals surface area contributed by atoms with Gasteiger partial charge in [0.15, 0.2) is 6.61 Å². The molecule has 110 valence electrons. The number of nitro groups is 1. The van der Waals surface area contributed by atoms with Crippen molar-refractivity contribution >= 4 is 11.4 Å². The number of halogens is 3. The van der Waals surface area contributed by atoms with E-state index in [4.69, 9.17) is 0 Å². The number of hydrogen-bond acceptors (Lipinski definition) is 4. The smallest absolute Gasteiger partial charge is 0.422 e. The average Bonchev–Trinajstić information content (AvgIpc) is 2.89. The minimum Gasteiger partial charge on any atom is -0.484 e. The molecule has 2 rings (SSSR count). The maximum atomic E-state index is 12.1. The summed E-state index contributed by atoms with van der Waals surface area (Å²) in [6.07, 6.45) is -2.55. The molecular formula is C12H13F3N2O3. The molecule has 0 aliphatic carbocycles. The van der Waals surface area contributed by atoms with Crippen molar-refractivity contribution in [2.45, 2.75) is 19.0 Å². The second kappa shape index (κ2) is 5.56. The fourth-order valence-corrected chi connectivity index (χ4v) is 2.08. The monoisotopic (exact) mass is 290 g/mol. The van der Waals surface area contributed by atoms with E-state index in [1.807, 2.05) is 4.90 Å². The van der Waals surface area contributed by atoms with E-state index in [0.717, 1.165) is 32.0 Å². The van der Waals surface area contributed by atoms with Gasteiger partial charge in [0.2, 0.25) is 0 Å². The molecule has 0 saturated carbocycles. The summed E-state index contributed by atoms with van der Waals surface area (Å²) in [7, 11) is 0. The molecule has 1 aliphatic heterocycles. The maximum absolute atomic E-state index is 12.1. The van der Waals surface area contributed by atoms with Gasteiger partial charge in [-0.1, -0.05) is 0 Å². The molecule has 5 nitrogen and oxygen atoms in total. The molecule has 20 heavy (non-hydrogen) atoms. The van der Waals surface area contributed by atoms with Gasteiger partial charge in [-0.2, -0.15) is 13.2 Å². The second-order valence-corrected chi connectivity index (χ2v) is 4.54. The first-order valence-corrected chi connectivity index (χ1v) is 6.09. The summed E-state index contributed by atoms with van der Waals surface area (Å²) in [5, 5.41) is 10.8. The highest BCUT2D eigenvalue weighted by atomic mass is 19.4. The Balaban J connectivity index is 2.23. The first-order valence-electron chi connectivity index (χ1n) is 6.09. The van der Waals surface area contributed by atoms with E-state index in [1.165, 1.54) is 12.1 Å². The van der Waals surface area contributed by atoms with Crippen LogP contribution in [0.1, 0.15) is 12.8 Å². The van der Waals surface area contributed by atoms with Crippen LogP contribution in [0, 0.1) is 10.1 Å². The molecule has 1 saturated heterocycles. The lowest BCUT2D eigenvalue weighted by atomic mass is 10.2. The van der Waals surface area contributed by atoms with E-state index in [2.05, 4.69) is 4.74 Å². The van der Waals surface area contributed by atoms with Gasteiger partial charge in [0.25, 0.3) is 5.69 Å². The predicted octanol–water partition coefficient (Wildman–Crippen LogP) is 3.14. The van der Waals surface area contributed by atoms with Gasteiger partial charge in [0.05, 0.1) is 11.0 Å². The van der Waals surface area contributed by atoms with Crippen molar-refractivity contribution in [2.75, 3.05) is 24.6 Å². The first kappa shape index (κ1) is 14.4. The van der Waals surface area contributed by atoms with Gasteiger partial charge in [0.1, 0.15) is 5.75 Å². The van der Waals surface area contributed by atoms with Crippen molar-refractivity contribution in [3.05, 3.63) is 28.3 Å². The van der Waals surface area contributed by atoms with Crippen LogP contribution >= 0.6 is 0 Å². The molecule has 0 atom stereocenters.